The summed E-state index contributed by atoms with van der Waals surface area (Å²) >= 11 is 0. The largest absolute Gasteiger partial charge is 0.343 e. The van der Waals surface area contributed by atoms with Crippen molar-refractivity contribution in [2.24, 2.45) is 5.92 Å². The molecule has 3 aromatic rings. The van der Waals surface area contributed by atoms with E-state index in [1.54, 1.807) is 18.3 Å². The number of sulfonamides is 1. The van der Waals surface area contributed by atoms with E-state index in [4.69, 9.17) is 0 Å². The molecule has 0 radical (unpaired) electrons. The van der Waals surface area contributed by atoms with Gasteiger partial charge in [-0.2, -0.15) is 4.31 Å². The van der Waals surface area contributed by atoms with E-state index in [9.17, 15) is 13.2 Å². The minimum Gasteiger partial charge on any atom is -0.343 e. The van der Waals surface area contributed by atoms with Gasteiger partial charge >= 0.3 is 0 Å². The topological polar surface area (TPSA) is 79.4 Å². The van der Waals surface area contributed by atoms with Crippen LogP contribution in [0.1, 0.15) is 55.5 Å². The highest BCUT2D eigenvalue weighted by molar-refractivity contribution is 7.89. The van der Waals surface area contributed by atoms with Crippen LogP contribution in [0.15, 0.2) is 83.9 Å². The summed E-state index contributed by atoms with van der Waals surface area (Å²) in [6, 6.07) is 22.2. The van der Waals surface area contributed by atoms with E-state index in [2.05, 4.69) is 24.1 Å². The smallest absolute Gasteiger partial charge is 0.243 e. The van der Waals surface area contributed by atoms with Gasteiger partial charge in [0.1, 0.15) is 0 Å². The summed E-state index contributed by atoms with van der Waals surface area (Å²) in [7, 11) is -3.57. The van der Waals surface area contributed by atoms with Gasteiger partial charge in [0.15, 0.2) is 0 Å². The highest BCUT2D eigenvalue weighted by Crippen LogP contribution is 2.27. The molecule has 0 bridgehead atoms. The number of nitrogens with zero attached hydrogens (tertiary/aromatic N) is 2. The standard InChI is InChI=1S/C27H31N3O3S/c1-20(2)21-11-13-24(14-12-21)34(32,33)30-18-15-23(16-19-30)27(31)29-26(22-8-4-3-5-9-22)25-10-6-7-17-28-25/h3-14,17,20,23,26H,15-16,18-19H2,1-2H3,(H,29,31). The summed E-state index contributed by atoms with van der Waals surface area (Å²) in [6.07, 6.45) is 2.69. The number of hydrogen-bond donors (Lipinski definition) is 1. The molecule has 0 aliphatic carbocycles. The third kappa shape index (κ3) is 5.37. The molecule has 0 saturated carbocycles. The molecule has 34 heavy (non-hydrogen) atoms. The van der Waals surface area contributed by atoms with Crippen LogP contribution in [0.4, 0.5) is 0 Å². The van der Waals surface area contributed by atoms with E-state index in [1.807, 2.05) is 60.7 Å². The predicted molar refractivity (Wildman–Crippen MR) is 133 cm³/mol. The van der Waals surface area contributed by atoms with Crippen molar-refractivity contribution >= 4 is 15.9 Å². The summed E-state index contributed by atoms with van der Waals surface area (Å²) in [5, 5.41) is 3.15. The lowest BCUT2D eigenvalue weighted by Gasteiger charge is -2.31. The number of carbonyl (C=O) groups excluding carboxylic acids is 1. The predicted octanol–water partition coefficient (Wildman–Crippen LogP) is 4.51. The maximum absolute atomic E-state index is 13.2. The highest BCUT2D eigenvalue weighted by Gasteiger charge is 2.33. The van der Waals surface area contributed by atoms with Crippen LogP contribution in [0.25, 0.3) is 0 Å². The minimum absolute atomic E-state index is 0.0714. The molecule has 1 aromatic heterocycles. The molecule has 4 rings (SSSR count). The molecule has 1 aliphatic heterocycles. The Morgan fingerprint density at radius 2 is 1.56 bits per heavy atom. The van der Waals surface area contributed by atoms with Crippen LogP contribution < -0.4 is 5.32 Å². The Hall–Kier alpha value is -3.03. The molecule has 1 atom stereocenters. The maximum Gasteiger partial charge on any atom is 0.243 e. The quantitative estimate of drug-likeness (QED) is 0.543. The zero-order chi connectivity index (χ0) is 24.1. The number of piperidine rings is 1. The van der Waals surface area contributed by atoms with Gasteiger partial charge in [-0.05, 0) is 54.2 Å². The number of amides is 1. The minimum atomic E-state index is -3.57. The second-order valence-electron chi connectivity index (χ2n) is 9.01. The van der Waals surface area contributed by atoms with Gasteiger partial charge in [0, 0.05) is 25.2 Å². The summed E-state index contributed by atoms with van der Waals surface area (Å²) in [5.41, 5.74) is 2.83. The third-order valence-electron chi connectivity index (χ3n) is 6.41. The molecule has 178 valence electrons. The summed E-state index contributed by atoms with van der Waals surface area (Å²) in [6.45, 7) is 4.81. The van der Waals surface area contributed by atoms with Crippen LogP contribution in [-0.4, -0.2) is 36.7 Å². The van der Waals surface area contributed by atoms with Crippen LogP contribution >= 0.6 is 0 Å². The lowest BCUT2D eigenvalue weighted by molar-refractivity contribution is -0.126. The van der Waals surface area contributed by atoms with Crippen molar-refractivity contribution in [2.75, 3.05) is 13.1 Å². The second kappa shape index (κ2) is 10.5. The van der Waals surface area contributed by atoms with Gasteiger partial charge in [0.05, 0.1) is 16.6 Å². The van der Waals surface area contributed by atoms with Gasteiger partial charge in [-0.1, -0.05) is 62.4 Å². The Bertz CT molecular complexity index is 1150. The van der Waals surface area contributed by atoms with Gasteiger partial charge in [0.25, 0.3) is 0 Å². The van der Waals surface area contributed by atoms with Gasteiger partial charge in [-0.25, -0.2) is 8.42 Å². The molecular formula is C27H31N3O3S. The van der Waals surface area contributed by atoms with E-state index >= 15 is 0 Å². The maximum atomic E-state index is 13.2. The van der Waals surface area contributed by atoms with E-state index in [-0.39, 0.29) is 17.9 Å². The molecule has 6 nitrogen and oxygen atoms in total. The van der Waals surface area contributed by atoms with Crippen LogP contribution in [-0.2, 0) is 14.8 Å². The summed E-state index contributed by atoms with van der Waals surface area (Å²) in [4.78, 5) is 17.9. The van der Waals surface area contributed by atoms with Crippen LogP contribution in [0.2, 0.25) is 0 Å². The fourth-order valence-corrected chi connectivity index (χ4v) is 5.78. The van der Waals surface area contributed by atoms with E-state index < -0.39 is 10.0 Å². The van der Waals surface area contributed by atoms with Crippen molar-refractivity contribution in [3.63, 3.8) is 0 Å². The SMILES string of the molecule is CC(C)c1ccc(S(=O)(=O)N2CCC(C(=O)NC(c3ccccc3)c3ccccn3)CC2)cc1. The fourth-order valence-electron chi connectivity index (χ4n) is 4.31. The monoisotopic (exact) mass is 477 g/mol. The number of pyridine rings is 1. The first-order valence-electron chi connectivity index (χ1n) is 11.7. The normalized spacial score (nSPS) is 16.3. The first kappa shape index (κ1) is 24.1. The van der Waals surface area contributed by atoms with Crippen molar-refractivity contribution in [3.05, 3.63) is 95.8 Å². The van der Waals surface area contributed by atoms with Gasteiger partial charge < -0.3 is 5.32 Å². The van der Waals surface area contributed by atoms with Crippen molar-refractivity contribution in [2.45, 2.75) is 43.5 Å². The molecule has 1 saturated heterocycles. The molecule has 2 aromatic carbocycles. The van der Waals surface area contributed by atoms with Crippen molar-refractivity contribution < 1.29 is 13.2 Å². The lowest BCUT2D eigenvalue weighted by atomic mass is 9.95. The van der Waals surface area contributed by atoms with Crippen LogP contribution in [0.3, 0.4) is 0 Å². The second-order valence-corrected chi connectivity index (χ2v) is 10.9. The van der Waals surface area contributed by atoms with Crippen molar-refractivity contribution in [1.82, 2.24) is 14.6 Å². The summed E-state index contributed by atoms with van der Waals surface area (Å²) in [5.74, 6) is 0.0272. The molecule has 1 fully saturated rings. The molecule has 7 heteroatoms. The lowest BCUT2D eigenvalue weighted by Crippen LogP contribution is -2.43. The number of carbonyl (C=O) groups is 1. The average molecular weight is 478 g/mol. The number of aromatic nitrogens is 1. The van der Waals surface area contributed by atoms with E-state index in [1.165, 1.54) is 4.31 Å². The first-order chi connectivity index (χ1) is 16.4. The Morgan fingerprint density at radius 3 is 2.15 bits per heavy atom. The zero-order valence-electron chi connectivity index (χ0n) is 19.6. The number of benzene rings is 2. The molecule has 1 N–H and O–H groups in total. The van der Waals surface area contributed by atoms with Crippen molar-refractivity contribution in [1.29, 1.82) is 0 Å². The molecule has 1 aliphatic rings. The molecule has 0 spiro atoms. The van der Waals surface area contributed by atoms with Crippen LogP contribution in [0, 0.1) is 5.92 Å². The summed E-state index contributed by atoms with van der Waals surface area (Å²) < 4.78 is 27.7. The van der Waals surface area contributed by atoms with E-state index in [0.29, 0.717) is 36.7 Å². The Morgan fingerprint density at radius 1 is 0.912 bits per heavy atom. The molecule has 1 amide bonds. The first-order valence-corrected chi connectivity index (χ1v) is 13.2. The molecule has 1 unspecified atom stereocenters. The fraction of sp³-hybridized carbons (Fsp3) is 0.333. The Labute approximate surface area is 202 Å². The van der Waals surface area contributed by atoms with Crippen LogP contribution in [0.5, 0.6) is 0 Å². The van der Waals surface area contributed by atoms with E-state index in [0.717, 1.165) is 16.8 Å². The third-order valence-corrected chi connectivity index (χ3v) is 8.33. The van der Waals surface area contributed by atoms with Crippen molar-refractivity contribution in [3.8, 4) is 0 Å². The number of nitrogens with one attached hydrogen (secondary N) is 1. The number of hydrogen-bond acceptors (Lipinski definition) is 4. The zero-order valence-corrected chi connectivity index (χ0v) is 20.4. The Balaban J connectivity index is 1.42. The molecule has 2 heterocycles. The highest BCUT2D eigenvalue weighted by atomic mass is 32.2. The molecular weight excluding hydrogens is 446 g/mol. The average Bonchev–Trinajstić information content (AvgIpc) is 2.88. The number of rotatable bonds is 7. The van der Waals surface area contributed by atoms with Gasteiger partial charge in [0.2, 0.25) is 15.9 Å². The Kier molecular flexibility index (Phi) is 7.44. The van der Waals surface area contributed by atoms with Gasteiger partial charge in [-0.3, -0.25) is 9.78 Å². The van der Waals surface area contributed by atoms with Gasteiger partial charge in [-0.15, -0.1) is 0 Å².